The van der Waals surface area contributed by atoms with Crippen LogP contribution in [0.2, 0.25) is 10.0 Å². The molecule has 2 fully saturated rings. The van der Waals surface area contributed by atoms with Crippen LogP contribution in [0.15, 0.2) is 60.7 Å². The number of hydrogen-bond donors (Lipinski definition) is 2. The van der Waals surface area contributed by atoms with Gasteiger partial charge in [-0.1, -0.05) is 48.3 Å². The Morgan fingerprint density at radius 3 is 2.36 bits per heavy atom. The van der Waals surface area contributed by atoms with E-state index in [0.717, 1.165) is 5.56 Å². The summed E-state index contributed by atoms with van der Waals surface area (Å²) in [4.78, 5) is 42.0. The summed E-state index contributed by atoms with van der Waals surface area (Å²) in [5.41, 5.74) is 0.0299. The molecule has 5 rings (SSSR count). The topological polar surface area (TPSA) is 130 Å². The number of likely N-dealkylation sites (tertiary alicyclic amines) is 1. The second kappa shape index (κ2) is 14.2. The Balaban J connectivity index is 1.63. The molecule has 4 atom stereocenters. The SMILES string of the molecule is COc1cc(NC(=O)C[C@@]2(C)CC(c3cccc(Cl)c3)[C@@H](c3ccc(Cl)c(F)c3)N([C@H](CS(=O)(=O)C(C)(C)C)C3CC3)C2=O)ccc1C(=O)O. The quantitative estimate of drug-likeness (QED) is 0.204. The minimum Gasteiger partial charge on any atom is -0.496 e. The van der Waals surface area contributed by atoms with E-state index in [1.54, 1.807) is 56.9 Å². The molecule has 0 bridgehead atoms. The highest BCUT2D eigenvalue weighted by Gasteiger charge is 2.55. The number of benzene rings is 3. The van der Waals surface area contributed by atoms with Crippen molar-refractivity contribution >= 4 is 56.5 Å². The van der Waals surface area contributed by atoms with E-state index in [0.29, 0.717) is 23.4 Å². The van der Waals surface area contributed by atoms with Crippen LogP contribution in [0, 0.1) is 17.2 Å². The molecule has 0 radical (unpaired) electrons. The molecular formula is C37H41Cl2FN2O7S. The number of nitrogens with one attached hydrogen (secondary N) is 1. The molecule has 1 aliphatic heterocycles. The largest absolute Gasteiger partial charge is 0.496 e. The smallest absolute Gasteiger partial charge is 0.339 e. The molecular weight excluding hydrogens is 706 g/mol. The molecule has 2 aliphatic rings. The molecule has 1 unspecified atom stereocenters. The summed E-state index contributed by atoms with van der Waals surface area (Å²) in [5, 5.41) is 12.6. The lowest BCUT2D eigenvalue weighted by atomic mass is 9.66. The number of methoxy groups -OCH3 is 1. The Kier molecular flexibility index (Phi) is 10.6. The van der Waals surface area contributed by atoms with E-state index < -0.39 is 61.6 Å². The molecule has 50 heavy (non-hydrogen) atoms. The third kappa shape index (κ3) is 7.80. The number of rotatable bonds is 11. The Bertz CT molecular complexity index is 1930. The molecule has 2 amide bonds. The number of hydrogen-bond acceptors (Lipinski definition) is 6. The van der Waals surface area contributed by atoms with Crippen molar-refractivity contribution < 1.29 is 37.0 Å². The van der Waals surface area contributed by atoms with Crippen LogP contribution in [0.1, 0.15) is 86.8 Å². The van der Waals surface area contributed by atoms with Crippen molar-refractivity contribution in [2.75, 3.05) is 18.2 Å². The third-order valence-electron chi connectivity index (χ3n) is 9.78. The van der Waals surface area contributed by atoms with Gasteiger partial charge in [0.2, 0.25) is 11.8 Å². The van der Waals surface area contributed by atoms with E-state index >= 15 is 9.18 Å². The van der Waals surface area contributed by atoms with Crippen LogP contribution in [-0.2, 0) is 19.4 Å². The number of halogens is 3. The van der Waals surface area contributed by atoms with Gasteiger partial charge >= 0.3 is 5.97 Å². The highest BCUT2D eigenvalue weighted by molar-refractivity contribution is 7.92. The average Bonchev–Trinajstić information content (AvgIpc) is 3.87. The van der Waals surface area contributed by atoms with Crippen LogP contribution < -0.4 is 10.1 Å². The summed E-state index contributed by atoms with van der Waals surface area (Å²) in [6, 6.07) is 14.1. The van der Waals surface area contributed by atoms with Crippen LogP contribution >= 0.6 is 23.2 Å². The Hall–Kier alpha value is -3.67. The monoisotopic (exact) mass is 746 g/mol. The van der Waals surface area contributed by atoms with Crippen LogP contribution in [-0.4, -0.2) is 59.9 Å². The Morgan fingerprint density at radius 1 is 1.08 bits per heavy atom. The molecule has 1 saturated carbocycles. The normalized spacial score (nSPS) is 21.8. The number of aromatic carboxylic acids is 1. The van der Waals surface area contributed by atoms with Crippen molar-refractivity contribution in [3.63, 3.8) is 0 Å². The fraction of sp³-hybridized carbons (Fsp3) is 0.432. The zero-order valence-electron chi connectivity index (χ0n) is 28.5. The second-order valence-electron chi connectivity index (χ2n) is 14.5. The van der Waals surface area contributed by atoms with Crippen molar-refractivity contribution in [3.05, 3.63) is 93.2 Å². The standard InChI is InChI=1S/C37H41Cl2FN2O7S/c1-36(2,3)50(47,48)20-30(21-9-10-21)42-33(23-11-14-28(39)29(40)16-23)27(22-7-6-8-24(38)15-22)18-37(4,35(42)46)19-32(43)41-25-12-13-26(34(44)45)31(17-25)49-5/h6-8,11-17,21,27,30,33H,9-10,18-20H2,1-5H3,(H,41,43)(H,44,45)/t27?,30-,33-,37-/m1/s1. The van der Waals surface area contributed by atoms with Gasteiger partial charge in [0, 0.05) is 35.2 Å². The maximum atomic E-state index is 15.2. The maximum Gasteiger partial charge on any atom is 0.339 e. The van der Waals surface area contributed by atoms with Gasteiger partial charge in [-0.15, -0.1) is 0 Å². The molecule has 9 nitrogen and oxygen atoms in total. The van der Waals surface area contributed by atoms with Crippen LogP contribution in [0.5, 0.6) is 5.75 Å². The van der Waals surface area contributed by atoms with Gasteiger partial charge in [-0.25, -0.2) is 17.6 Å². The molecule has 1 saturated heterocycles. The first-order valence-corrected chi connectivity index (χ1v) is 18.7. The summed E-state index contributed by atoms with van der Waals surface area (Å²) in [6.45, 7) is 6.56. The van der Waals surface area contributed by atoms with E-state index in [9.17, 15) is 23.1 Å². The number of ether oxygens (including phenoxy) is 1. The Morgan fingerprint density at radius 2 is 1.78 bits per heavy atom. The number of sulfone groups is 1. The minimum absolute atomic E-state index is 0.0489. The van der Waals surface area contributed by atoms with Gasteiger partial charge in [0.05, 0.1) is 34.1 Å². The third-order valence-corrected chi connectivity index (χ3v) is 13.0. The van der Waals surface area contributed by atoms with Crippen molar-refractivity contribution in [3.8, 4) is 5.75 Å². The molecule has 3 aromatic rings. The highest BCUT2D eigenvalue weighted by atomic mass is 35.5. The zero-order valence-corrected chi connectivity index (χ0v) is 30.8. The van der Waals surface area contributed by atoms with Crippen molar-refractivity contribution in [1.82, 2.24) is 4.90 Å². The average molecular weight is 748 g/mol. The summed E-state index contributed by atoms with van der Waals surface area (Å²) in [5.74, 6) is -3.72. The molecule has 1 aliphatic carbocycles. The molecule has 0 aromatic heterocycles. The molecule has 1 heterocycles. The maximum absolute atomic E-state index is 15.2. The summed E-state index contributed by atoms with van der Waals surface area (Å²) < 4.78 is 46.9. The molecule has 2 N–H and O–H groups in total. The van der Waals surface area contributed by atoms with Gasteiger partial charge in [-0.2, -0.15) is 0 Å². The number of carbonyl (C=O) groups is 3. The molecule has 13 heteroatoms. The van der Waals surface area contributed by atoms with E-state index in [1.807, 2.05) is 6.07 Å². The van der Waals surface area contributed by atoms with Gasteiger partial charge in [0.25, 0.3) is 0 Å². The number of piperidine rings is 1. The minimum atomic E-state index is -3.74. The first kappa shape index (κ1) is 37.6. The molecule has 0 spiro atoms. The van der Waals surface area contributed by atoms with E-state index in [1.165, 1.54) is 37.4 Å². The zero-order chi connectivity index (χ0) is 36.8. The van der Waals surface area contributed by atoms with E-state index in [2.05, 4.69) is 5.32 Å². The second-order valence-corrected chi connectivity index (χ2v) is 18.1. The van der Waals surface area contributed by atoms with Crippen LogP contribution in [0.3, 0.4) is 0 Å². The van der Waals surface area contributed by atoms with Gasteiger partial charge in [0.1, 0.15) is 17.1 Å². The summed E-state index contributed by atoms with van der Waals surface area (Å²) in [6.07, 6.45) is 1.29. The van der Waals surface area contributed by atoms with Crippen LogP contribution in [0.25, 0.3) is 0 Å². The van der Waals surface area contributed by atoms with Gasteiger partial charge in [-0.05, 0) is 93.5 Å². The summed E-state index contributed by atoms with van der Waals surface area (Å²) in [7, 11) is -2.43. The van der Waals surface area contributed by atoms with E-state index in [-0.39, 0.29) is 46.5 Å². The van der Waals surface area contributed by atoms with E-state index in [4.69, 9.17) is 27.9 Å². The number of nitrogens with zero attached hydrogens (tertiary/aromatic N) is 1. The Labute approximate surface area is 302 Å². The predicted molar refractivity (Wildman–Crippen MR) is 191 cm³/mol. The molecule has 3 aromatic carbocycles. The molecule has 268 valence electrons. The van der Waals surface area contributed by atoms with Crippen molar-refractivity contribution in [2.45, 2.75) is 76.1 Å². The first-order chi connectivity index (χ1) is 23.3. The van der Waals surface area contributed by atoms with Crippen molar-refractivity contribution in [1.29, 1.82) is 0 Å². The lowest BCUT2D eigenvalue weighted by molar-refractivity contribution is -0.156. The lowest BCUT2D eigenvalue weighted by Gasteiger charge is -2.52. The van der Waals surface area contributed by atoms with Gasteiger partial charge < -0.3 is 20.1 Å². The lowest BCUT2D eigenvalue weighted by Crippen LogP contribution is -2.59. The highest BCUT2D eigenvalue weighted by Crippen LogP contribution is 2.54. The number of carboxylic acid groups (broad SMARTS) is 1. The van der Waals surface area contributed by atoms with Crippen molar-refractivity contribution in [2.24, 2.45) is 11.3 Å². The summed E-state index contributed by atoms with van der Waals surface area (Å²) >= 11 is 12.6. The van der Waals surface area contributed by atoms with Gasteiger partial charge in [0.15, 0.2) is 9.84 Å². The predicted octanol–water partition coefficient (Wildman–Crippen LogP) is 7.92. The first-order valence-electron chi connectivity index (χ1n) is 16.3. The number of carboxylic acids is 1. The fourth-order valence-electron chi connectivity index (χ4n) is 6.85. The van der Waals surface area contributed by atoms with Crippen LogP contribution in [0.4, 0.5) is 10.1 Å². The number of anilines is 1. The fourth-order valence-corrected chi connectivity index (χ4v) is 8.55. The van der Waals surface area contributed by atoms with Gasteiger partial charge in [-0.3, -0.25) is 9.59 Å². The number of amides is 2. The number of carbonyl (C=O) groups excluding carboxylic acids is 2.